The van der Waals surface area contributed by atoms with Gasteiger partial charge in [0.05, 0.1) is 11.4 Å². The molecule has 0 saturated carbocycles. The smallest absolute Gasteiger partial charge is 0.268 e. The van der Waals surface area contributed by atoms with Crippen LogP contribution in [0.3, 0.4) is 0 Å². The summed E-state index contributed by atoms with van der Waals surface area (Å²) in [7, 11) is 0. The topological polar surface area (TPSA) is 37.4 Å². The van der Waals surface area contributed by atoms with Crippen LogP contribution in [0.25, 0.3) is 6.08 Å². The van der Waals surface area contributed by atoms with Crippen molar-refractivity contribution in [3.05, 3.63) is 75.4 Å². The minimum absolute atomic E-state index is 0.197. The fraction of sp³-hybridized carbons (Fsp3) is 0.0588. The normalized spacial score (nSPS) is 16.4. The molecule has 0 unspecified atom stereocenters. The Labute approximate surface area is 141 Å². The van der Waals surface area contributed by atoms with Crippen LogP contribution in [0.4, 0.5) is 9.18 Å². The van der Waals surface area contributed by atoms with Gasteiger partial charge in [-0.3, -0.25) is 14.5 Å². The fourth-order valence-corrected chi connectivity index (χ4v) is 3.08. The number of imide groups is 1. The van der Waals surface area contributed by atoms with Gasteiger partial charge < -0.3 is 0 Å². The van der Waals surface area contributed by atoms with Crippen molar-refractivity contribution >= 4 is 40.6 Å². The third-order valence-electron chi connectivity index (χ3n) is 3.30. The molecule has 1 heterocycles. The SMILES string of the molecule is O=C1S/C(=C\c2ccc(F)cc2)C(=O)N1Cc1ccc(Cl)cc1. The van der Waals surface area contributed by atoms with Crippen molar-refractivity contribution in [2.24, 2.45) is 0 Å². The first-order valence-electron chi connectivity index (χ1n) is 6.78. The first-order chi connectivity index (χ1) is 11.0. The van der Waals surface area contributed by atoms with E-state index in [1.165, 1.54) is 17.0 Å². The van der Waals surface area contributed by atoms with Gasteiger partial charge in [-0.05, 0) is 53.2 Å². The number of hydrogen-bond acceptors (Lipinski definition) is 3. The van der Waals surface area contributed by atoms with Crippen LogP contribution in [-0.2, 0) is 11.3 Å². The number of hydrogen-bond donors (Lipinski definition) is 0. The highest BCUT2D eigenvalue weighted by molar-refractivity contribution is 8.18. The van der Waals surface area contributed by atoms with Gasteiger partial charge in [-0.15, -0.1) is 0 Å². The van der Waals surface area contributed by atoms with Crippen LogP contribution in [0.1, 0.15) is 11.1 Å². The van der Waals surface area contributed by atoms with Crippen molar-refractivity contribution in [2.75, 3.05) is 0 Å². The summed E-state index contributed by atoms with van der Waals surface area (Å²) in [5.41, 5.74) is 1.49. The lowest BCUT2D eigenvalue weighted by atomic mass is 10.2. The van der Waals surface area contributed by atoms with E-state index in [0.717, 1.165) is 17.3 Å². The maximum atomic E-state index is 12.9. The van der Waals surface area contributed by atoms with Gasteiger partial charge in [0.2, 0.25) is 0 Å². The molecule has 2 aromatic carbocycles. The van der Waals surface area contributed by atoms with E-state index in [-0.39, 0.29) is 23.5 Å². The third-order valence-corrected chi connectivity index (χ3v) is 4.45. The summed E-state index contributed by atoms with van der Waals surface area (Å²) in [6.45, 7) is 0.197. The molecular weight excluding hydrogens is 337 g/mol. The molecule has 0 N–H and O–H groups in total. The summed E-state index contributed by atoms with van der Waals surface area (Å²) in [6, 6.07) is 12.7. The van der Waals surface area contributed by atoms with Crippen LogP contribution < -0.4 is 0 Å². The number of rotatable bonds is 3. The molecule has 116 valence electrons. The summed E-state index contributed by atoms with van der Waals surface area (Å²) >= 11 is 6.70. The Morgan fingerprint density at radius 3 is 2.35 bits per heavy atom. The lowest BCUT2D eigenvalue weighted by molar-refractivity contribution is -0.123. The van der Waals surface area contributed by atoms with E-state index in [2.05, 4.69) is 0 Å². The fourth-order valence-electron chi connectivity index (χ4n) is 2.12. The molecule has 2 aromatic rings. The van der Waals surface area contributed by atoms with Crippen molar-refractivity contribution in [3.8, 4) is 0 Å². The van der Waals surface area contributed by atoms with Crippen LogP contribution in [0.15, 0.2) is 53.4 Å². The number of amides is 2. The van der Waals surface area contributed by atoms with E-state index >= 15 is 0 Å². The van der Waals surface area contributed by atoms with Crippen molar-refractivity contribution in [1.29, 1.82) is 0 Å². The molecule has 0 spiro atoms. The quantitative estimate of drug-likeness (QED) is 0.754. The standard InChI is InChI=1S/C17H11ClFNO2S/c18-13-5-1-12(2-6-13)10-20-16(21)15(23-17(20)22)9-11-3-7-14(19)8-4-11/h1-9H,10H2/b15-9-. The Morgan fingerprint density at radius 2 is 1.70 bits per heavy atom. The largest absolute Gasteiger partial charge is 0.293 e. The van der Waals surface area contributed by atoms with Gasteiger partial charge in [0.1, 0.15) is 5.82 Å². The highest BCUT2D eigenvalue weighted by Gasteiger charge is 2.34. The molecule has 2 amide bonds. The van der Waals surface area contributed by atoms with Gasteiger partial charge in [0.15, 0.2) is 0 Å². The first kappa shape index (κ1) is 15.8. The second kappa shape index (κ2) is 6.56. The van der Waals surface area contributed by atoms with E-state index in [4.69, 9.17) is 11.6 Å². The molecule has 0 atom stereocenters. The van der Waals surface area contributed by atoms with Crippen LogP contribution in [0.5, 0.6) is 0 Å². The van der Waals surface area contributed by atoms with Gasteiger partial charge in [-0.2, -0.15) is 0 Å². The van der Waals surface area contributed by atoms with Gasteiger partial charge >= 0.3 is 0 Å². The van der Waals surface area contributed by atoms with Gasteiger partial charge in [0, 0.05) is 5.02 Å². The number of benzene rings is 2. The van der Waals surface area contributed by atoms with Crippen LogP contribution in [0.2, 0.25) is 5.02 Å². The van der Waals surface area contributed by atoms with Gasteiger partial charge in [-0.25, -0.2) is 4.39 Å². The van der Waals surface area contributed by atoms with Crippen molar-refractivity contribution in [1.82, 2.24) is 4.90 Å². The minimum atomic E-state index is -0.349. The highest BCUT2D eigenvalue weighted by Crippen LogP contribution is 2.33. The lowest BCUT2D eigenvalue weighted by Gasteiger charge is -2.12. The monoisotopic (exact) mass is 347 g/mol. The summed E-state index contributed by atoms with van der Waals surface area (Å²) in [5, 5.41) is 0.275. The molecule has 0 aromatic heterocycles. The zero-order valence-electron chi connectivity index (χ0n) is 11.8. The maximum Gasteiger partial charge on any atom is 0.293 e. The number of thioether (sulfide) groups is 1. The zero-order valence-corrected chi connectivity index (χ0v) is 13.4. The van der Waals surface area contributed by atoms with Crippen molar-refractivity contribution in [2.45, 2.75) is 6.54 Å². The summed E-state index contributed by atoms with van der Waals surface area (Å²) in [6.07, 6.45) is 1.59. The Bertz CT molecular complexity index is 787. The minimum Gasteiger partial charge on any atom is -0.268 e. The zero-order chi connectivity index (χ0) is 16.4. The number of nitrogens with zero attached hydrogens (tertiary/aromatic N) is 1. The molecule has 3 rings (SSSR count). The molecule has 3 nitrogen and oxygen atoms in total. The summed E-state index contributed by atoms with van der Waals surface area (Å²) in [5.74, 6) is -0.697. The lowest BCUT2D eigenvalue weighted by Crippen LogP contribution is -2.27. The highest BCUT2D eigenvalue weighted by atomic mass is 35.5. The van der Waals surface area contributed by atoms with E-state index in [9.17, 15) is 14.0 Å². The van der Waals surface area contributed by atoms with Crippen molar-refractivity contribution < 1.29 is 14.0 Å². The Balaban J connectivity index is 1.79. The average Bonchev–Trinajstić information content (AvgIpc) is 2.79. The van der Waals surface area contributed by atoms with Crippen LogP contribution >= 0.6 is 23.4 Å². The molecule has 23 heavy (non-hydrogen) atoms. The third kappa shape index (κ3) is 3.63. The second-order valence-electron chi connectivity index (χ2n) is 4.95. The Hall–Kier alpha value is -2.11. The molecule has 1 fully saturated rings. The van der Waals surface area contributed by atoms with E-state index < -0.39 is 0 Å². The molecule has 6 heteroatoms. The predicted molar refractivity (Wildman–Crippen MR) is 89.4 cm³/mol. The maximum absolute atomic E-state index is 12.9. The van der Waals surface area contributed by atoms with Crippen LogP contribution in [-0.4, -0.2) is 16.0 Å². The molecule has 1 saturated heterocycles. The molecular formula is C17H11ClFNO2S. The van der Waals surface area contributed by atoms with E-state index in [1.807, 2.05) is 0 Å². The summed E-state index contributed by atoms with van der Waals surface area (Å²) in [4.78, 5) is 25.9. The Kier molecular flexibility index (Phi) is 4.50. The number of halogens is 2. The molecule has 1 aliphatic rings. The number of carbonyl (C=O) groups excluding carboxylic acids is 2. The molecule has 0 bridgehead atoms. The molecule has 1 aliphatic heterocycles. The number of carbonyl (C=O) groups is 2. The molecule has 0 aliphatic carbocycles. The van der Waals surface area contributed by atoms with Crippen LogP contribution in [0, 0.1) is 5.82 Å². The van der Waals surface area contributed by atoms with E-state index in [0.29, 0.717) is 15.5 Å². The second-order valence-corrected chi connectivity index (χ2v) is 6.38. The van der Waals surface area contributed by atoms with Crippen molar-refractivity contribution in [3.63, 3.8) is 0 Å². The Morgan fingerprint density at radius 1 is 1.04 bits per heavy atom. The average molecular weight is 348 g/mol. The first-order valence-corrected chi connectivity index (χ1v) is 7.98. The van der Waals surface area contributed by atoms with Gasteiger partial charge in [-0.1, -0.05) is 35.9 Å². The molecule has 0 radical (unpaired) electrons. The van der Waals surface area contributed by atoms with E-state index in [1.54, 1.807) is 42.5 Å². The summed E-state index contributed by atoms with van der Waals surface area (Å²) < 4.78 is 12.9. The van der Waals surface area contributed by atoms with Gasteiger partial charge in [0.25, 0.3) is 11.1 Å². The predicted octanol–water partition coefficient (Wildman–Crippen LogP) is 4.72.